The molecule has 0 aliphatic rings. The number of carbonyl (C=O) groups is 1. The van der Waals surface area contributed by atoms with Crippen molar-refractivity contribution in [2.45, 2.75) is 25.3 Å². The fraction of sp³-hybridized carbons (Fsp3) is 0.200. The van der Waals surface area contributed by atoms with Gasteiger partial charge in [0.1, 0.15) is 12.2 Å². The van der Waals surface area contributed by atoms with E-state index in [9.17, 15) is 18.0 Å². The summed E-state index contributed by atoms with van der Waals surface area (Å²) in [6.45, 7) is 4.12. The Morgan fingerprint density at radius 3 is 2.36 bits per heavy atom. The minimum atomic E-state index is -3.61. The van der Waals surface area contributed by atoms with Gasteiger partial charge in [-0.1, -0.05) is 44.2 Å². The number of fused-ring (bicyclic) bond motifs is 3. The molecular weight excluding hydrogens is 442 g/mol. The van der Waals surface area contributed by atoms with Gasteiger partial charge in [-0.05, 0) is 41.1 Å². The van der Waals surface area contributed by atoms with Gasteiger partial charge < -0.3 is 9.15 Å². The first kappa shape index (κ1) is 22.7. The van der Waals surface area contributed by atoms with Gasteiger partial charge in [0, 0.05) is 30.1 Å². The third-order valence-corrected chi connectivity index (χ3v) is 7.57. The molecule has 0 aliphatic heterocycles. The predicted molar refractivity (Wildman–Crippen MR) is 126 cm³/mol. The van der Waals surface area contributed by atoms with Crippen LogP contribution in [0.3, 0.4) is 0 Å². The molecule has 8 heteroatoms. The lowest BCUT2D eigenvalue weighted by Crippen LogP contribution is -2.30. The second-order valence-electron chi connectivity index (χ2n) is 7.44. The maximum absolute atomic E-state index is 12.6. The van der Waals surface area contributed by atoms with Crippen LogP contribution in [0, 0.1) is 0 Å². The van der Waals surface area contributed by atoms with Crippen molar-refractivity contribution in [3.63, 3.8) is 0 Å². The molecule has 0 unspecified atom stereocenters. The van der Waals surface area contributed by atoms with Crippen LogP contribution in [0.4, 0.5) is 0 Å². The number of esters is 1. The SMILES string of the molecule is CCN(CC)S(=O)(=O)c1ccc(C(=O)OCc2cc(=O)oc3ccc4ccccc4c23)cc1. The van der Waals surface area contributed by atoms with Crippen molar-refractivity contribution >= 4 is 37.7 Å². The summed E-state index contributed by atoms with van der Waals surface area (Å²) >= 11 is 0. The molecule has 1 heterocycles. The third-order valence-electron chi connectivity index (χ3n) is 5.51. The maximum Gasteiger partial charge on any atom is 0.338 e. The largest absolute Gasteiger partial charge is 0.457 e. The van der Waals surface area contributed by atoms with Crippen molar-refractivity contribution in [3.05, 3.63) is 88.3 Å². The van der Waals surface area contributed by atoms with Crippen molar-refractivity contribution in [2.75, 3.05) is 13.1 Å². The summed E-state index contributed by atoms with van der Waals surface area (Å²) in [7, 11) is -3.61. The highest BCUT2D eigenvalue weighted by molar-refractivity contribution is 7.89. The fourth-order valence-electron chi connectivity index (χ4n) is 3.84. The summed E-state index contributed by atoms with van der Waals surface area (Å²) in [6, 6.07) is 18.2. The second-order valence-corrected chi connectivity index (χ2v) is 9.38. The topological polar surface area (TPSA) is 93.9 Å². The molecule has 0 saturated heterocycles. The average molecular weight is 466 g/mol. The van der Waals surface area contributed by atoms with E-state index in [0.717, 1.165) is 10.8 Å². The molecular formula is C25H23NO6S. The maximum atomic E-state index is 12.6. The van der Waals surface area contributed by atoms with Crippen LogP contribution < -0.4 is 5.63 Å². The third kappa shape index (κ3) is 4.40. The van der Waals surface area contributed by atoms with Crippen molar-refractivity contribution < 1.29 is 22.4 Å². The van der Waals surface area contributed by atoms with Gasteiger partial charge in [0.15, 0.2) is 0 Å². The first-order valence-electron chi connectivity index (χ1n) is 10.6. The van der Waals surface area contributed by atoms with Gasteiger partial charge in [-0.25, -0.2) is 18.0 Å². The molecule has 0 spiro atoms. The molecule has 3 aromatic carbocycles. The number of benzene rings is 3. The first-order valence-corrected chi connectivity index (χ1v) is 12.0. The van der Waals surface area contributed by atoms with E-state index >= 15 is 0 Å². The summed E-state index contributed by atoms with van der Waals surface area (Å²) in [4.78, 5) is 24.8. The average Bonchev–Trinajstić information content (AvgIpc) is 2.82. The second kappa shape index (κ2) is 9.17. The Morgan fingerprint density at radius 1 is 0.970 bits per heavy atom. The Balaban J connectivity index is 1.60. The van der Waals surface area contributed by atoms with E-state index < -0.39 is 21.6 Å². The van der Waals surface area contributed by atoms with E-state index in [0.29, 0.717) is 29.6 Å². The zero-order valence-electron chi connectivity index (χ0n) is 18.3. The zero-order chi connectivity index (χ0) is 23.6. The van der Waals surface area contributed by atoms with Gasteiger partial charge in [0.25, 0.3) is 0 Å². The molecule has 0 saturated carbocycles. The van der Waals surface area contributed by atoms with Crippen LogP contribution in [0.2, 0.25) is 0 Å². The molecule has 33 heavy (non-hydrogen) atoms. The summed E-state index contributed by atoms with van der Waals surface area (Å²) in [5.74, 6) is -0.622. The Hall–Kier alpha value is -3.49. The number of rotatable bonds is 7. The highest BCUT2D eigenvalue weighted by atomic mass is 32.2. The summed E-state index contributed by atoms with van der Waals surface area (Å²) < 4.78 is 37.4. The highest BCUT2D eigenvalue weighted by Gasteiger charge is 2.22. The van der Waals surface area contributed by atoms with Gasteiger partial charge in [-0.15, -0.1) is 0 Å². The quantitative estimate of drug-likeness (QED) is 0.229. The van der Waals surface area contributed by atoms with Crippen LogP contribution in [0.15, 0.2) is 80.8 Å². The number of nitrogens with zero attached hydrogens (tertiary/aromatic N) is 1. The Bertz CT molecular complexity index is 1490. The standard InChI is InChI=1S/C25H23NO6S/c1-3-26(4-2)33(29,30)20-12-9-18(10-13-20)25(28)31-16-19-15-23(27)32-22-14-11-17-7-5-6-8-21(17)24(19)22/h5-15H,3-4,16H2,1-2H3. The van der Waals surface area contributed by atoms with E-state index in [4.69, 9.17) is 9.15 Å². The van der Waals surface area contributed by atoms with Crippen LogP contribution in [-0.4, -0.2) is 31.8 Å². The van der Waals surface area contributed by atoms with Crippen LogP contribution in [-0.2, 0) is 21.4 Å². The molecule has 0 N–H and O–H groups in total. The van der Waals surface area contributed by atoms with Crippen LogP contribution in [0.5, 0.6) is 0 Å². The van der Waals surface area contributed by atoms with Crippen molar-refractivity contribution in [2.24, 2.45) is 0 Å². The normalized spacial score (nSPS) is 11.8. The van der Waals surface area contributed by atoms with Crippen LogP contribution in [0.1, 0.15) is 29.8 Å². The van der Waals surface area contributed by atoms with Gasteiger partial charge in [0.2, 0.25) is 10.0 Å². The Kier molecular flexibility index (Phi) is 6.31. The monoisotopic (exact) mass is 465 g/mol. The molecule has 0 amide bonds. The number of sulfonamides is 1. The lowest BCUT2D eigenvalue weighted by Gasteiger charge is -2.18. The molecule has 170 valence electrons. The number of carbonyl (C=O) groups excluding carboxylic acids is 1. The number of hydrogen-bond acceptors (Lipinski definition) is 6. The van der Waals surface area contributed by atoms with Crippen LogP contribution in [0.25, 0.3) is 21.7 Å². The molecule has 4 aromatic rings. The lowest BCUT2D eigenvalue weighted by atomic mass is 10.0. The van der Waals surface area contributed by atoms with E-state index in [2.05, 4.69) is 0 Å². The van der Waals surface area contributed by atoms with Crippen molar-refractivity contribution in [1.29, 1.82) is 0 Å². The molecule has 0 bridgehead atoms. The molecule has 1 aromatic heterocycles. The minimum absolute atomic E-state index is 0.112. The number of hydrogen-bond donors (Lipinski definition) is 0. The van der Waals surface area contributed by atoms with Gasteiger partial charge >= 0.3 is 11.6 Å². The van der Waals surface area contributed by atoms with Crippen molar-refractivity contribution in [1.82, 2.24) is 4.31 Å². The molecule has 7 nitrogen and oxygen atoms in total. The molecule has 0 aliphatic carbocycles. The zero-order valence-corrected chi connectivity index (χ0v) is 19.1. The molecule has 0 fully saturated rings. The number of ether oxygens (including phenoxy) is 1. The van der Waals surface area contributed by atoms with E-state index in [1.54, 1.807) is 19.9 Å². The van der Waals surface area contributed by atoms with Gasteiger partial charge in [-0.2, -0.15) is 4.31 Å². The van der Waals surface area contributed by atoms with E-state index in [1.807, 2.05) is 30.3 Å². The van der Waals surface area contributed by atoms with E-state index in [-0.39, 0.29) is 17.1 Å². The van der Waals surface area contributed by atoms with Gasteiger partial charge in [0.05, 0.1) is 10.5 Å². The smallest absolute Gasteiger partial charge is 0.338 e. The lowest BCUT2D eigenvalue weighted by molar-refractivity contribution is 0.0473. The van der Waals surface area contributed by atoms with E-state index in [1.165, 1.54) is 34.6 Å². The predicted octanol–water partition coefficient (Wildman–Crippen LogP) is 4.33. The Morgan fingerprint density at radius 2 is 1.67 bits per heavy atom. The summed E-state index contributed by atoms with van der Waals surface area (Å²) in [5, 5.41) is 2.56. The summed E-state index contributed by atoms with van der Waals surface area (Å²) in [6.07, 6.45) is 0. The Labute approximate surface area is 191 Å². The van der Waals surface area contributed by atoms with Gasteiger partial charge in [-0.3, -0.25) is 0 Å². The molecule has 0 atom stereocenters. The minimum Gasteiger partial charge on any atom is -0.457 e. The highest BCUT2D eigenvalue weighted by Crippen LogP contribution is 2.28. The van der Waals surface area contributed by atoms with Crippen molar-refractivity contribution in [3.8, 4) is 0 Å². The molecule has 0 radical (unpaired) electrons. The molecule has 4 rings (SSSR count). The first-order chi connectivity index (χ1) is 15.8. The van der Waals surface area contributed by atoms with Crippen LogP contribution >= 0.6 is 0 Å². The summed E-state index contributed by atoms with van der Waals surface area (Å²) in [5.41, 5.74) is 0.630. The fourth-order valence-corrected chi connectivity index (χ4v) is 5.29.